The zero-order valence-corrected chi connectivity index (χ0v) is 20.6. The molecule has 0 aromatic carbocycles. The summed E-state index contributed by atoms with van der Waals surface area (Å²) in [6.07, 6.45) is -3.76. The second kappa shape index (κ2) is 8.53. The summed E-state index contributed by atoms with van der Waals surface area (Å²) >= 11 is 0. The minimum atomic E-state index is -5.22. The Morgan fingerprint density at radius 1 is 1.22 bits per heavy atom. The number of Topliss-reactive ketones (excluding diaryl/α,β-unsaturated/α-hetero) is 1. The fourth-order valence-electron chi connectivity index (χ4n) is 7.73. The van der Waals surface area contributed by atoms with Crippen LogP contribution in [0.2, 0.25) is 0 Å². The number of hydrogen-bond acceptors (Lipinski definition) is 7. The molecule has 0 radical (unpaired) electrons. The first kappa shape index (κ1) is 26.6. The van der Waals surface area contributed by atoms with Gasteiger partial charge in [-0.3, -0.25) is 14.4 Å². The molecule has 198 valence electrons. The van der Waals surface area contributed by atoms with Crippen molar-refractivity contribution in [2.45, 2.75) is 77.2 Å². The summed E-state index contributed by atoms with van der Waals surface area (Å²) < 4.78 is 49.8. The molecular formula is C26H31F3O7. The number of halogens is 3. The number of carbonyl (C=O) groups is 4. The second-order valence-electron chi connectivity index (χ2n) is 11.2. The number of rotatable bonds is 4. The molecule has 7 nitrogen and oxygen atoms in total. The highest BCUT2D eigenvalue weighted by Gasteiger charge is 2.70. The SMILES string of the molecule is C=C1C[C@@H]2[C@H]([C@@H](OC(=O)C(F)(F)F)C[C@@]3(C)[C@H]2CC[C@]3(O)C(=O)COC(C)=O)[C@@]2(C)CCC(=O)C=C12. The molecule has 0 heterocycles. The van der Waals surface area contributed by atoms with E-state index in [2.05, 4.69) is 6.58 Å². The van der Waals surface area contributed by atoms with Gasteiger partial charge in [0.15, 0.2) is 12.4 Å². The molecule has 0 bridgehead atoms. The molecule has 3 fully saturated rings. The Balaban J connectivity index is 1.79. The van der Waals surface area contributed by atoms with Gasteiger partial charge >= 0.3 is 18.1 Å². The lowest BCUT2D eigenvalue weighted by molar-refractivity contribution is -0.225. The molecule has 0 aliphatic heterocycles. The van der Waals surface area contributed by atoms with E-state index in [1.807, 2.05) is 6.92 Å². The minimum absolute atomic E-state index is 0.0434. The Morgan fingerprint density at radius 3 is 2.50 bits per heavy atom. The van der Waals surface area contributed by atoms with Crippen LogP contribution in [0, 0.1) is 28.6 Å². The predicted molar refractivity (Wildman–Crippen MR) is 119 cm³/mol. The van der Waals surface area contributed by atoms with Gasteiger partial charge in [-0.05, 0) is 61.0 Å². The van der Waals surface area contributed by atoms with Crippen molar-refractivity contribution >= 4 is 23.5 Å². The van der Waals surface area contributed by atoms with Crippen LogP contribution in [-0.2, 0) is 28.7 Å². The van der Waals surface area contributed by atoms with Gasteiger partial charge in [0.05, 0.1) is 0 Å². The molecule has 4 aliphatic carbocycles. The van der Waals surface area contributed by atoms with E-state index in [4.69, 9.17) is 9.47 Å². The Morgan fingerprint density at radius 2 is 1.89 bits per heavy atom. The van der Waals surface area contributed by atoms with Crippen LogP contribution in [0.4, 0.5) is 13.2 Å². The average molecular weight is 513 g/mol. The second-order valence-corrected chi connectivity index (χ2v) is 11.2. The van der Waals surface area contributed by atoms with Crippen molar-refractivity contribution in [2.75, 3.05) is 6.61 Å². The lowest BCUT2D eigenvalue weighted by Gasteiger charge is -2.61. The fraction of sp³-hybridized carbons (Fsp3) is 0.692. The van der Waals surface area contributed by atoms with Gasteiger partial charge in [0.2, 0.25) is 5.78 Å². The van der Waals surface area contributed by atoms with Crippen LogP contribution >= 0.6 is 0 Å². The zero-order chi connectivity index (χ0) is 26.8. The van der Waals surface area contributed by atoms with Gasteiger partial charge in [0.25, 0.3) is 0 Å². The molecule has 0 spiro atoms. The molecule has 4 aliphatic rings. The number of hydrogen-bond donors (Lipinski definition) is 1. The third-order valence-electron chi connectivity index (χ3n) is 9.35. The average Bonchev–Trinajstić information content (AvgIpc) is 3.04. The van der Waals surface area contributed by atoms with Gasteiger partial charge in [0.1, 0.15) is 11.7 Å². The number of fused-ring (bicyclic) bond motifs is 5. The third-order valence-corrected chi connectivity index (χ3v) is 9.35. The largest absolute Gasteiger partial charge is 0.490 e. The van der Waals surface area contributed by atoms with E-state index in [0.29, 0.717) is 30.4 Å². The number of aliphatic hydroxyl groups is 1. The van der Waals surface area contributed by atoms with Gasteiger partial charge in [-0.15, -0.1) is 0 Å². The lowest BCUT2D eigenvalue weighted by Crippen LogP contribution is -2.63. The number of ether oxygens (including phenoxy) is 2. The highest BCUT2D eigenvalue weighted by molar-refractivity contribution is 5.93. The Kier molecular flexibility index (Phi) is 6.30. The van der Waals surface area contributed by atoms with Crippen molar-refractivity contribution < 1.29 is 46.9 Å². The maximum atomic E-state index is 13.3. The number of alkyl halides is 3. The van der Waals surface area contributed by atoms with E-state index >= 15 is 0 Å². The smallest absolute Gasteiger partial charge is 0.458 e. The molecule has 7 atom stereocenters. The normalized spacial score (nSPS) is 39.9. The molecule has 10 heteroatoms. The van der Waals surface area contributed by atoms with E-state index in [9.17, 15) is 37.5 Å². The molecule has 0 saturated heterocycles. The Bertz CT molecular complexity index is 1060. The van der Waals surface area contributed by atoms with Crippen LogP contribution in [0.25, 0.3) is 0 Å². The van der Waals surface area contributed by atoms with Crippen molar-refractivity contribution in [2.24, 2.45) is 28.6 Å². The number of ketones is 2. The summed E-state index contributed by atoms with van der Waals surface area (Å²) in [4.78, 5) is 48.6. The highest BCUT2D eigenvalue weighted by Crippen LogP contribution is 2.68. The molecule has 4 rings (SSSR count). The van der Waals surface area contributed by atoms with E-state index in [-0.39, 0.29) is 36.9 Å². The van der Waals surface area contributed by atoms with Gasteiger partial charge < -0.3 is 14.6 Å². The first-order chi connectivity index (χ1) is 16.5. The summed E-state index contributed by atoms with van der Waals surface area (Å²) in [7, 11) is 0. The predicted octanol–water partition coefficient (Wildman–Crippen LogP) is 3.63. The molecule has 1 N–H and O–H groups in total. The first-order valence-electron chi connectivity index (χ1n) is 12.1. The summed E-state index contributed by atoms with van der Waals surface area (Å²) in [5, 5.41) is 11.6. The van der Waals surface area contributed by atoms with Crippen LogP contribution in [0.15, 0.2) is 23.8 Å². The standard InChI is InChI=1S/C26H31F3O7/c1-13-9-16-17-6-8-25(34,20(32)12-35-14(2)30)24(17,4)11-19(36-22(33)26(27,28)29)21(16)23(3)7-5-15(31)10-18(13)23/h10,16-17,19,21,34H,1,5-9,11-12H2,2-4H3/t16-,17-,19-,21+,23-,24-,25-/m0/s1. The maximum absolute atomic E-state index is 13.3. The molecule has 0 aromatic heterocycles. The van der Waals surface area contributed by atoms with Gasteiger partial charge in [-0.1, -0.05) is 26.0 Å². The summed E-state index contributed by atoms with van der Waals surface area (Å²) in [6, 6.07) is 0. The van der Waals surface area contributed by atoms with Crippen LogP contribution in [0.3, 0.4) is 0 Å². The monoisotopic (exact) mass is 512 g/mol. The van der Waals surface area contributed by atoms with Crippen LogP contribution in [0.1, 0.15) is 59.3 Å². The van der Waals surface area contributed by atoms with Gasteiger partial charge in [-0.2, -0.15) is 13.2 Å². The highest BCUT2D eigenvalue weighted by atomic mass is 19.4. The van der Waals surface area contributed by atoms with Crippen LogP contribution in [-0.4, -0.2) is 53.1 Å². The lowest BCUT2D eigenvalue weighted by atomic mass is 9.44. The topological polar surface area (TPSA) is 107 Å². The summed E-state index contributed by atoms with van der Waals surface area (Å²) in [5.74, 6) is -5.03. The number of esters is 2. The Labute approximate surface area is 207 Å². The zero-order valence-electron chi connectivity index (χ0n) is 20.6. The number of allylic oxidation sites excluding steroid dienone is 2. The van der Waals surface area contributed by atoms with Crippen molar-refractivity contribution in [1.29, 1.82) is 0 Å². The van der Waals surface area contributed by atoms with Crippen molar-refractivity contribution in [3.05, 3.63) is 23.8 Å². The van der Waals surface area contributed by atoms with E-state index < -0.39 is 59.0 Å². The van der Waals surface area contributed by atoms with Gasteiger partial charge in [0, 0.05) is 24.7 Å². The van der Waals surface area contributed by atoms with Crippen molar-refractivity contribution in [3.63, 3.8) is 0 Å². The minimum Gasteiger partial charge on any atom is -0.458 e. The van der Waals surface area contributed by atoms with E-state index in [1.54, 1.807) is 6.92 Å². The third kappa shape index (κ3) is 3.92. The Hall–Kier alpha value is -2.49. The molecule has 36 heavy (non-hydrogen) atoms. The summed E-state index contributed by atoms with van der Waals surface area (Å²) in [5.41, 5.74) is -2.59. The number of carbonyl (C=O) groups excluding carboxylic acids is 4. The van der Waals surface area contributed by atoms with Gasteiger partial charge in [-0.25, -0.2) is 4.79 Å². The quantitative estimate of drug-likeness (QED) is 0.574. The summed E-state index contributed by atoms with van der Waals surface area (Å²) in [6.45, 7) is 8.14. The van der Waals surface area contributed by atoms with E-state index in [1.165, 1.54) is 6.08 Å². The van der Waals surface area contributed by atoms with Crippen LogP contribution in [0.5, 0.6) is 0 Å². The molecule has 0 amide bonds. The molecular weight excluding hydrogens is 481 g/mol. The molecule has 0 aromatic rings. The maximum Gasteiger partial charge on any atom is 0.490 e. The van der Waals surface area contributed by atoms with Crippen LogP contribution < -0.4 is 0 Å². The fourth-order valence-corrected chi connectivity index (χ4v) is 7.73. The molecule has 0 unspecified atom stereocenters. The van der Waals surface area contributed by atoms with E-state index in [0.717, 1.165) is 6.92 Å². The van der Waals surface area contributed by atoms with Crippen molar-refractivity contribution in [3.8, 4) is 0 Å². The molecule has 3 saturated carbocycles. The van der Waals surface area contributed by atoms with Crippen molar-refractivity contribution in [1.82, 2.24) is 0 Å². The first-order valence-corrected chi connectivity index (χ1v) is 12.1.